The molecule has 0 rings (SSSR count). The first-order chi connectivity index (χ1) is 5.67. The van der Waals surface area contributed by atoms with E-state index in [4.69, 9.17) is 5.14 Å². The van der Waals surface area contributed by atoms with Gasteiger partial charge in [0.05, 0.1) is 6.26 Å². The van der Waals surface area contributed by atoms with Gasteiger partial charge in [0.15, 0.2) is 0 Å². The van der Waals surface area contributed by atoms with Crippen LogP contribution in [-0.4, -0.2) is 28.5 Å². The Morgan fingerprint density at radius 1 is 1.31 bits per heavy atom. The molecule has 0 heterocycles. The molecule has 0 saturated heterocycles. The summed E-state index contributed by atoms with van der Waals surface area (Å²) in [4.78, 5) is 0. The van der Waals surface area contributed by atoms with Crippen molar-refractivity contribution in [3.8, 4) is 0 Å². The Morgan fingerprint density at radius 2 is 1.77 bits per heavy atom. The van der Waals surface area contributed by atoms with Crippen LogP contribution in [0.2, 0.25) is 0 Å². The molecule has 0 aliphatic heterocycles. The van der Waals surface area contributed by atoms with E-state index in [0.29, 0.717) is 6.42 Å². The van der Waals surface area contributed by atoms with Crippen molar-refractivity contribution >= 4 is 20.0 Å². The summed E-state index contributed by atoms with van der Waals surface area (Å²) in [5.41, 5.74) is 0. The van der Waals surface area contributed by atoms with Crippen molar-refractivity contribution in [3.63, 3.8) is 0 Å². The molecule has 0 spiro atoms. The number of rotatable bonds is 5. The number of nitrogens with two attached hydrogens (primary N) is 1. The van der Waals surface area contributed by atoms with Crippen LogP contribution in [0.3, 0.4) is 0 Å². The summed E-state index contributed by atoms with van der Waals surface area (Å²) in [6.45, 7) is 1.74. The molecule has 0 aromatic carbocycles. The van der Waals surface area contributed by atoms with Crippen LogP contribution in [0.1, 0.15) is 19.8 Å². The van der Waals surface area contributed by atoms with Gasteiger partial charge in [-0.25, -0.2) is 22.0 Å². The molecule has 1 unspecified atom stereocenters. The molecule has 3 N–H and O–H groups in total. The van der Waals surface area contributed by atoms with Crippen LogP contribution in [0.15, 0.2) is 0 Å². The van der Waals surface area contributed by atoms with E-state index in [-0.39, 0.29) is 6.42 Å². The highest BCUT2D eigenvalue weighted by atomic mass is 32.2. The van der Waals surface area contributed by atoms with E-state index >= 15 is 0 Å². The highest BCUT2D eigenvalue weighted by Gasteiger charge is 2.23. The topological polar surface area (TPSA) is 106 Å². The molecule has 0 fully saturated rings. The standard InChI is InChI=1S/C5H14N2O4S2/c1-3-4-5(13(6,10)11)7-12(2,8)9/h5,7H,3-4H2,1-2H3,(H2,6,10,11). The molecule has 0 aromatic heterocycles. The van der Waals surface area contributed by atoms with Crippen molar-refractivity contribution < 1.29 is 16.8 Å². The van der Waals surface area contributed by atoms with Gasteiger partial charge in [-0.15, -0.1) is 0 Å². The first kappa shape index (κ1) is 12.8. The predicted octanol–water partition coefficient (Wildman–Crippen LogP) is -1.05. The van der Waals surface area contributed by atoms with Gasteiger partial charge in [-0.3, -0.25) is 0 Å². The second-order valence-corrected chi connectivity index (χ2v) is 6.28. The normalized spacial score (nSPS) is 15.6. The lowest BCUT2D eigenvalue weighted by Crippen LogP contribution is -2.43. The lowest BCUT2D eigenvalue weighted by atomic mass is 10.3. The molecule has 0 aliphatic rings. The number of sulfonamides is 2. The smallest absolute Gasteiger partial charge is 0.226 e. The molecule has 0 amide bonds. The van der Waals surface area contributed by atoms with E-state index in [1.807, 2.05) is 4.72 Å². The fraction of sp³-hybridized carbons (Fsp3) is 1.00. The summed E-state index contributed by atoms with van der Waals surface area (Å²) < 4.78 is 45.1. The van der Waals surface area contributed by atoms with Crippen molar-refractivity contribution in [1.29, 1.82) is 0 Å². The van der Waals surface area contributed by atoms with Gasteiger partial charge in [0, 0.05) is 0 Å². The minimum absolute atomic E-state index is 0.173. The lowest BCUT2D eigenvalue weighted by Gasteiger charge is -2.13. The number of hydrogen-bond donors (Lipinski definition) is 2. The maximum absolute atomic E-state index is 10.8. The highest BCUT2D eigenvalue weighted by Crippen LogP contribution is 2.02. The highest BCUT2D eigenvalue weighted by molar-refractivity contribution is 7.92. The molecule has 0 aliphatic carbocycles. The molecule has 80 valence electrons. The maximum atomic E-state index is 10.8. The second-order valence-electron chi connectivity index (χ2n) is 2.76. The van der Waals surface area contributed by atoms with Gasteiger partial charge in [0.25, 0.3) is 0 Å². The zero-order chi connectivity index (χ0) is 10.7. The molecule has 1 atom stereocenters. The van der Waals surface area contributed by atoms with Crippen LogP contribution in [0.5, 0.6) is 0 Å². The van der Waals surface area contributed by atoms with Crippen molar-refractivity contribution in [3.05, 3.63) is 0 Å². The summed E-state index contributed by atoms with van der Waals surface area (Å²) in [6.07, 6.45) is 1.59. The van der Waals surface area contributed by atoms with Gasteiger partial charge in [-0.1, -0.05) is 13.3 Å². The Labute approximate surface area is 78.6 Å². The summed E-state index contributed by atoms with van der Waals surface area (Å²) in [5.74, 6) is 0. The third kappa shape index (κ3) is 5.97. The molecule has 0 radical (unpaired) electrons. The summed E-state index contributed by atoms with van der Waals surface area (Å²) in [7, 11) is -7.39. The summed E-state index contributed by atoms with van der Waals surface area (Å²) in [5, 5.41) is 3.60. The quantitative estimate of drug-likeness (QED) is 0.628. The van der Waals surface area contributed by atoms with E-state index in [0.717, 1.165) is 6.26 Å². The van der Waals surface area contributed by atoms with E-state index in [2.05, 4.69) is 0 Å². The number of hydrogen-bond acceptors (Lipinski definition) is 4. The largest absolute Gasteiger partial charge is 0.227 e. The first-order valence-electron chi connectivity index (χ1n) is 3.65. The fourth-order valence-electron chi connectivity index (χ4n) is 0.791. The van der Waals surface area contributed by atoms with E-state index < -0.39 is 25.4 Å². The lowest BCUT2D eigenvalue weighted by molar-refractivity contribution is 0.546. The van der Waals surface area contributed by atoms with Crippen LogP contribution in [0.4, 0.5) is 0 Å². The Bertz CT molecular complexity index is 345. The predicted molar refractivity (Wildman–Crippen MR) is 49.8 cm³/mol. The summed E-state index contributed by atoms with van der Waals surface area (Å²) in [6, 6.07) is 0. The average molecular weight is 230 g/mol. The van der Waals surface area contributed by atoms with E-state index in [1.54, 1.807) is 6.92 Å². The molecule has 13 heavy (non-hydrogen) atoms. The molecule has 0 saturated carbocycles. The van der Waals surface area contributed by atoms with Crippen molar-refractivity contribution in [2.75, 3.05) is 6.26 Å². The molecule has 0 bridgehead atoms. The Balaban J connectivity index is 4.66. The van der Waals surface area contributed by atoms with Gasteiger partial charge in [0.1, 0.15) is 5.37 Å². The van der Waals surface area contributed by atoms with Gasteiger partial charge >= 0.3 is 0 Å². The van der Waals surface area contributed by atoms with Crippen molar-refractivity contribution in [1.82, 2.24) is 4.72 Å². The molecule has 6 nitrogen and oxygen atoms in total. The van der Waals surface area contributed by atoms with Gasteiger partial charge < -0.3 is 0 Å². The molecule has 0 aromatic rings. The molecular weight excluding hydrogens is 216 g/mol. The minimum Gasteiger partial charge on any atom is -0.227 e. The van der Waals surface area contributed by atoms with Gasteiger partial charge in [-0.05, 0) is 6.42 Å². The van der Waals surface area contributed by atoms with Gasteiger partial charge in [0.2, 0.25) is 20.0 Å². The third-order valence-corrected chi connectivity index (χ3v) is 3.30. The van der Waals surface area contributed by atoms with Crippen LogP contribution >= 0.6 is 0 Å². The van der Waals surface area contributed by atoms with Crippen molar-refractivity contribution in [2.24, 2.45) is 5.14 Å². The van der Waals surface area contributed by atoms with Crippen LogP contribution in [0.25, 0.3) is 0 Å². The second kappa shape index (κ2) is 4.36. The SMILES string of the molecule is CCCC(NS(C)(=O)=O)S(N)(=O)=O. The van der Waals surface area contributed by atoms with Crippen LogP contribution in [0, 0.1) is 0 Å². The van der Waals surface area contributed by atoms with Crippen LogP contribution < -0.4 is 9.86 Å². The fourth-order valence-corrected chi connectivity index (χ4v) is 3.01. The third-order valence-electron chi connectivity index (χ3n) is 1.29. The zero-order valence-corrected chi connectivity index (χ0v) is 9.15. The van der Waals surface area contributed by atoms with Crippen molar-refractivity contribution in [2.45, 2.75) is 25.1 Å². The Kier molecular flexibility index (Phi) is 4.30. The first-order valence-corrected chi connectivity index (χ1v) is 7.16. The number of nitrogens with one attached hydrogen (secondary N) is 1. The molecule has 8 heteroatoms. The maximum Gasteiger partial charge on any atom is 0.226 e. The average Bonchev–Trinajstić information content (AvgIpc) is 1.81. The number of primary sulfonamides is 1. The Morgan fingerprint density at radius 3 is 2.00 bits per heavy atom. The Hall–Kier alpha value is -0.180. The monoisotopic (exact) mass is 230 g/mol. The van der Waals surface area contributed by atoms with Gasteiger partial charge in [-0.2, -0.15) is 4.72 Å². The van der Waals surface area contributed by atoms with Crippen LogP contribution in [-0.2, 0) is 20.0 Å². The minimum atomic E-state index is -3.85. The summed E-state index contributed by atoms with van der Waals surface area (Å²) >= 11 is 0. The van der Waals surface area contributed by atoms with E-state index in [1.165, 1.54) is 0 Å². The zero-order valence-electron chi connectivity index (χ0n) is 7.52. The van der Waals surface area contributed by atoms with E-state index in [9.17, 15) is 16.8 Å². The molecular formula is C5H14N2O4S2.